The summed E-state index contributed by atoms with van der Waals surface area (Å²) in [5, 5.41) is 6.88. The number of carbonyl (C=O) groups excluding carboxylic acids is 1. The number of pyridine rings is 1. The molecule has 1 amide bonds. The van der Waals surface area contributed by atoms with E-state index in [0.717, 1.165) is 5.56 Å². The number of amides is 1. The highest BCUT2D eigenvalue weighted by Gasteiger charge is 2.14. The summed E-state index contributed by atoms with van der Waals surface area (Å²) in [6, 6.07) is 5.31. The van der Waals surface area contributed by atoms with Crippen LogP contribution in [0, 0.1) is 0 Å². The van der Waals surface area contributed by atoms with Crippen LogP contribution in [-0.4, -0.2) is 10.9 Å². The highest BCUT2D eigenvalue weighted by Crippen LogP contribution is 2.17. The summed E-state index contributed by atoms with van der Waals surface area (Å²) in [5.74, 6) is 0.0526. The molecule has 0 spiro atoms. The number of aromatic nitrogens is 1. The van der Waals surface area contributed by atoms with Crippen LogP contribution < -0.4 is 11.1 Å². The van der Waals surface area contributed by atoms with E-state index in [1.165, 1.54) is 0 Å². The van der Waals surface area contributed by atoms with Gasteiger partial charge >= 0.3 is 0 Å². The molecule has 4 nitrogen and oxygen atoms in total. The van der Waals surface area contributed by atoms with Crippen LogP contribution in [0.2, 0.25) is 0 Å². The molecule has 3 N–H and O–H groups in total. The van der Waals surface area contributed by atoms with Crippen molar-refractivity contribution in [3.8, 4) is 0 Å². The minimum Gasteiger partial charge on any atom is -0.383 e. The molecule has 5 heteroatoms. The van der Waals surface area contributed by atoms with E-state index in [2.05, 4.69) is 10.3 Å². The zero-order chi connectivity index (χ0) is 12.3. The van der Waals surface area contributed by atoms with Crippen LogP contribution in [0.4, 0.5) is 5.82 Å². The second kappa shape index (κ2) is 4.97. The molecule has 17 heavy (non-hydrogen) atoms. The standard InChI is InChI=1S/C12H13N3OS/c1-8(9-4-6-17-7-9)15-12(16)10-3-2-5-14-11(10)13/h2-8H,1H3,(H2,13,14)(H,15,16). The fourth-order valence-corrected chi connectivity index (χ4v) is 2.24. The summed E-state index contributed by atoms with van der Waals surface area (Å²) < 4.78 is 0. The largest absolute Gasteiger partial charge is 0.383 e. The smallest absolute Gasteiger partial charge is 0.255 e. The molecule has 2 rings (SSSR count). The van der Waals surface area contributed by atoms with E-state index in [9.17, 15) is 4.79 Å². The van der Waals surface area contributed by atoms with Crippen molar-refractivity contribution in [2.75, 3.05) is 5.73 Å². The van der Waals surface area contributed by atoms with Crippen molar-refractivity contribution in [2.24, 2.45) is 0 Å². The molecule has 1 atom stereocenters. The Kier molecular flexibility index (Phi) is 3.39. The minimum atomic E-state index is -0.200. The van der Waals surface area contributed by atoms with E-state index in [4.69, 9.17) is 5.73 Å². The third-order valence-corrected chi connectivity index (χ3v) is 3.18. The highest BCUT2D eigenvalue weighted by atomic mass is 32.1. The Hall–Kier alpha value is -1.88. The molecule has 2 aromatic rings. The Morgan fingerprint density at radius 2 is 2.35 bits per heavy atom. The molecular formula is C12H13N3OS. The van der Waals surface area contributed by atoms with Gasteiger partial charge in [0.1, 0.15) is 5.82 Å². The summed E-state index contributed by atoms with van der Waals surface area (Å²) >= 11 is 1.61. The Labute approximate surface area is 103 Å². The van der Waals surface area contributed by atoms with E-state index in [1.54, 1.807) is 29.7 Å². The van der Waals surface area contributed by atoms with Crippen molar-refractivity contribution >= 4 is 23.1 Å². The molecule has 0 aliphatic heterocycles. The van der Waals surface area contributed by atoms with Crippen LogP contribution >= 0.6 is 11.3 Å². The first kappa shape index (κ1) is 11.6. The van der Waals surface area contributed by atoms with Gasteiger partial charge in [0.25, 0.3) is 5.91 Å². The normalized spacial score (nSPS) is 12.1. The number of nitrogens with zero attached hydrogens (tertiary/aromatic N) is 1. The van der Waals surface area contributed by atoms with Gasteiger partial charge in [0.2, 0.25) is 0 Å². The van der Waals surface area contributed by atoms with Gasteiger partial charge in [-0.15, -0.1) is 0 Å². The number of rotatable bonds is 3. The van der Waals surface area contributed by atoms with Gasteiger partial charge in [0, 0.05) is 6.20 Å². The Morgan fingerprint density at radius 3 is 3.00 bits per heavy atom. The van der Waals surface area contributed by atoms with Crippen LogP contribution in [0.3, 0.4) is 0 Å². The van der Waals surface area contributed by atoms with Gasteiger partial charge in [-0.05, 0) is 41.4 Å². The van der Waals surface area contributed by atoms with Crippen molar-refractivity contribution in [3.63, 3.8) is 0 Å². The predicted molar refractivity (Wildman–Crippen MR) is 68.8 cm³/mol. The van der Waals surface area contributed by atoms with Gasteiger partial charge in [0.05, 0.1) is 11.6 Å². The fraction of sp³-hybridized carbons (Fsp3) is 0.167. The Balaban J connectivity index is 2.10. The van der Waals surface area contributed by atoms with E-state index >= 15 is 0 Å². The lowest BCUT2D eigenvalue weighted by Gasteiger charge is -2.13. The van der Waals surface area contributed by atoms with Gasteiger partial charge < -0.3 is 11.1 Å². The molecule has 88 valence electrons. The molecule has 0 aromatic carbocycles. The number of nitrogens with two attached hydrogens (primary N) is 1. The average Bonchev–Trinajstić information content (AvgIpc) is 2.82. The van der Waals surface area contributed by atoms with Crippen molar-refractivity contribution in [2.45, 2.75) is 13.0 Å². The monoisotopic (exact) mass is 247 g/mol. The lowest BCUT2D eigenvalue weighted by atomic mass is 10.1. The maximum absolute atomic E-state index is 11.9. The first-order valence-electron chi connectivity index (χ1n) is 5.22. The van der Waals surface area contributed by atoms with Crippen molar-refractivity contribution in [3.05, 3.63) is 46.3 Å². The van der Waals surface area contributed by atoms with Crippen LogP contribution in [0.25, 0.3) is 0 Å². The first-order chi connectivity index (χ1) is 8.18. The molecule has 0 aliphatic rings. The van der Waals surface area contributed by atoms with E-state index in [1.807, 2.05) is 23.8 Å². The maximum Gasteiger partial charge on any atom is 0.255 e. The number of nitrogens with one attached hydrogen (secondary N) is 1. The summed E-state index contributed by atoms with van der Waals surface area (Å²) in [5.41, 5.74) is 7.15. The van der Waals surface area contributed by atoms with Crippen LogP contribution in [0.15, 0.2) is 35.2 Å². The average molecular weight is 247 g/mol. The quantitative estimate of drug-likeness (QED) is 0.873. The maximum atomic E-state index is 11.9. The molecule has 2 aromatic heterocycles. The Morgan fingerprint density at radius 1 is 1.53 bits per heavy atom. The number of hydrogen-bond donors (Lipinski definition) is 2. The third kappa shape index (κ3) is 2.62. The van der Waals surface area contributed by atoms with Gasteiger partial charge in [-0.25, -0.2) is 4.98 Å². The van der Waals surface area contributed by atoms with Gasteiger partial charge in [-0.3, -0.25) is 4.79 Å². The van der Waals surface area contributed by atoms with Gasteiger partial charge in [-0.1, -0.05) is 0 Å². The molecular weight excluding hydrogens is 234 g/mol. The van der Waals surface area contributed by atoms with E-state index in [0.29, 0.717) is 5.56 Å². The van der Waals surface area contributed by atoms with Crippen molar-refractivity contribution in [1.29, 1.82) is 0 Å². The summed E-state index contributed by atoms with van der Waals surface area (Å²) in [6.07, 6.45) is 1.56. The molecule has 0 saturated carbocycles. The molecule has 0 saturated heterocycles. The molecule has 0 bridgehead atoms. The summed E-state index contributed by atoms with van der Waals surface area (Å²) in [7, 11) is 0. The second-order valence-electron chi connectivity index (χ2n) is 3.69. The predicted octanol–water partition coefficient (Wildman–Crippen LogP) is 2.22. The molecule has 0 radical (unpaired) electrons. The van der Waals surface area contributed by atoms with Crippen LogP contribution in [0.5, 0.6) is 0 Å². The molecule has 0 aliphatic carbocycles. The van der Waals surface area contributed by atoms with Crippen LogP contribution in [-0.2, 0) is 0 Å². The van der Waals surface area contributed by atoms with Crippen molar-refractivity contribution in [1.82, 2.24) is 10.3 Å². The molecule has 0 fully saturated rings. The van der Waals surface area contributed by atoms with Gasteiger partial charge in [-0.2, -0.15) is 11.3 Å². The zero-order valence-corrected chi connectivity index (χ0v) is 10.2. The number of hydrogen-bond acceptors (Lipinski definition) is 4. The highest BCUT2D eigenvalue weighted by molar-refractivity contribution is 7.07. The number of thiophene rings is 1. The van der Waals surface area contributed by atoms with Gasteiger partial charge in [0.15, 0.2) is 0 Å². The SMILES string of the molecule is CC(NC(=O)c1cccnc1N)c1ccsc1. The lowest BCUT2D eigenvalue weighted by Crippen LogP contribution is -2.27. The van der Waals surface area contributed by atoms with E-state index < -0.39 is 0 Å². The molecule has 2 heterocycles. The summed E-state index contributed by atoms with van der Waals surface area (Å²) in [4.78, 5) is 15.8. The lowest BCUT2D eigenvalue weighted by molar-refractivity contribution is 0.0940. The number of nitrogen functional groups attached to an aromatic ring is 1. The fourth-order valence-electron chi connectivity index (χ4n) is 1.49. The number of carbonyl (C=O) groups is 1. The van der Waals surface area contributed by atoms with Crippen molar-refractivity contribution < 1.29 is 4.79 Å². The minimum absolute atomic E-state index is 0.0339. The summed E-state index contributed by atoms with van der Waals surface area (Å²) in [6.45, 7) is 1.94. The topological polar surface area (TPSA) is 68.0 Å². The third-order valence-electron chi connectivity index (χ3n) is 2.47. The first-order valence-corrected chi connectivity index (χ1v) is 6.16. The number of anilines is 1. The molecule has 1 unspecified atom stereocenters. The second-order valence-corrected chi connectivity index (χ2v) is 4.47. The Bertz CT molecular complexity index is 510. The van der Waals surface area contributed by atoms with E-state index in [-0.39, 0.29) is 17.8 Å². The van der Waals surface area contributed by atoms with Crippen LogP contribution in [0.1, 0.15) is 28.9 Å². The zero-order valence-electron chi connectivity index (χ0n) is 9.38.